The molecule has 0 aromatic heterocycles. The molecule has 0 saturated heterocycles. The number of nitrogens with zero attached hydrogens (tertiary/aromatic N) is 1. The minimum Gasteiger partial charge on any atom is -0.468 e. The van der Waals surface area contributed by atoms with E-state index in [0.717, 1.165) is 16.8 Å². The number of hydrogen-bond acceptors (Lipinski definition) is 4. The van der Waals surface area contributed by atoms with Gasteiger partial charge in [0.15, 0.2) is 0 Å². The van der Waals surface area contributed by atoms with Gasteiger partial charge >= 0.3 is 5.97 Å². The van der Waals surface area contributed by atoms with Crippen molar-refractivity contribution in [2.45, 2.75) is 13.0 Å². The second-order valence-electron chi connectivity index (χ2n) is 5.54. The van der Waals surface area contributed by atoms with E-state index in [9.17, 15) is 9.59 Å². The third-order valence-corrected chi connectivity index (χ3v) is 4.65. The molecule has 0 atom stereocenters. The van der Waals surface area contributed by atoms with Gasteiger partial charge in [0, 0.05) is 23.4 Å². The van der Waals surface area contributed by atoms with E-state index in [1.54, 1.807) is 4.90 Å². The molecular weight excluding hydrogens is 346 g/mol. The van der Waals surface area contributed by atoms with Gasteiger partial charge in [0.2, 0.25) is 5.91 Å². The second kappa shape index (κ2) is 10.3. The van der Waals surface area contributed by atoms with Crippen molar-refractivity contribution in [3.63, 3.8) is 0 Å². The summed E-state index contributed by atoms with van der Waals surface area (Å²) in [5, 5.41) is 0. The lowest BCUT2D eigenvalue weighted by atomic mass is 10.1. The maximum Gasteiger partial charge on any atom is 0.315 e. The molecule has 2 rings (SSSR count). The number of ether oxygens (including phenoxy) is 1. The van der Waals surface area contributed by atoms with E-state index in [2.05, 4.69) is 10.7 Å². The van der Waals surface area contributed by atoms with Crippen LogP contribution in [-0.4, -0.2) is 30.5 Å². The second-order valence-corrected chi connectivity index (χ2v) is 6.64. The molecule has 0 bridgehead atoms. The van der Waals surface area contributed by atoms with Gasteiger partial charge in [0.05, 0.1) is 19.4 Å². The maximum atomic E-state index is 12.8. The molecule has 0 N–H and O–H groups in total. The van der Waals surface area contributed by atoms with Crippen LogP contribution in [0.3, 0.4) is 0 Å². The first kappa shape index (κ1) is 19.6. The van der Waals surface area contributed by atoms with Gasteiger partial charge in [-0.1, -0.05) is 42.3 Å². The summed E-state index contributed by atoms with van der Waals surface area (Å²) >= 11 is 1.39. The number of terminal acetylenes is 1. The van der Waals surface area contributed by atoms with E-state index < -0.39 is 0 Å². The van der Waals surface area contributed by atoms with Gasteiger partial charge in [-0.3, -0.25) is 9.59 Å². The molecule has 0 fully saturated rings. The molecule has 26 heavy (non-hydrogen) atoms. The Labute approximate surface area is 158 Å². The molecule has 0 aliphatic rings. The number of carbonyl (C=O) groups excluding carboxylic acids is 2. The van der Waals surface area contributed by atoms with E-state index in [4.69, 9.17) is 6.42 Å². The molecule has 0 spiro atoms. The minimum atomic E-state index is -0.287. The van der Waals surface area contributed by atoms with E-state index >= 15 is 0 Å². The Morgan fingerprint density at radius 1 is 1.15 bits per heavy atom. The Hall–Kier alpha value is -2.71. The lowest BCUT2D eigenvalue weighted by Gasteiger charge is -2.23. The summed E-state index contributed by atoms with van der Waals surface area (Å²) in [4.78, 5) is 25.7. The number of anilines is 1. The normalized spacial score (nSPS) is 10.0. The summed E-state index contributed by atoms with van der Waals surface area (Å²) in [6.45, 7) is 0.468. The Morgan fingerprint density at radius 3 is 2.62 bits per heavy atom. The number of carbonyl (C=O) groups is 2. The summed E-state index contributed by atoms with van der Waals surface area (Å²) in [6.07, 6.45) is 5.81. The predicted octanol–water partition coefficient (Wildman–Crippen LogP) is 3.50. The first-order chi connectivity index (χ1) is 12.6. The fraction of sp³-hybridized carbons (Fsp3) is 0.238. The van der Waals surface area contributed by atoms with Crippen LogP contribution in [0.15, 0.2) is 54.6 Å². The summed E-state index contributed by atoms with van der Waals surface area (Å²) in [5.41, 5.74) is 2.54. The molecule has 0 heterocycles. The number of thioether (sulfide) groups is 1. The van der Waals surface area contributed by atoms with Crippen LogP contribution in [-0.2, 0) is 20.9 Å². The van der Waals surface area contributed by atoms with Crippen LogP contribution in [0.5, 0.6) is 0 Å². The zero-order valence-electron chi connectivity index (χ0n) is 14.7. The highest BCUT2D eigenvalue weighted by molar-refractivity contribution is 7.99. The van der Waals surface area contributed by atoms with Crippen molar-refractivity contribution in [1.29, 1.82) is 0 Å². The monoisotopic (exact) mass is 367 g/mol. The smallest absolute Gasteiger partial charge is 0.315 e. The molecule has 1 amide bonds. The van der Waals surface area contributed by atoms with Crippen LogP contribution in [0.4, 0.5) is 5.69 Å². The van der Waals surface area contributed by atoms with Crippen LogP contribution in [0.25, 0.3) is 0 Å². The molecule has 2 aromatic rings. The first-order valence-electron chi connectivity index (χ1n) is 8.19. The van der Waals surface area contributed by atoms with E-state index in [1.807, 2.05) is 54.6 Å². The number of hydrogen-bond donors (Lipinski definition) is 0. The Balaban J connectivity index is 2.10. The number of methoxy groups -OCH3 is 1. The molecule has 0 unspecified atom stereocenters. The van der Waals surface area contributed by atoms with E-state index in [0.29, 0.717) is 18.7 Å². The average Bonchev–Trinajstić information content (AvgIpc) is 2.69. The molecule has 0 aliphatic heterocycles. The summed E-state index contributed by atoms with van der Waals surface area (Å²) in [5.74, 6) is 3.10. The van der Waals surface area contributed by atoms with Gasteiger partial charge in [0.1, 0.15) is 0 Å². The number of esters is 1. The Morgan fingerprint density at radius 2 is 1.92 bits per heavy atom. The van der Waals surface area contributed by atoms with E-state index in [-0.39, 0.29) is 17.6 Å². The van der Waals surface area contributed by atoms with Crippen molar-refractivity contribution in [2.24, 2.45) is 0 Å². The molecule has 0 saturated carbocycles. The quantitative estimate of drug-likeness (QED) is 0.407. The largest absolute Gasteiger partial charge is 0.468 e. The zero-order chi connectivity index (χ0) is 18.8. The lowest BCUT2D eigenvalue weighted by molar-refractivity contribution is -0.137. The first-order valence-corrected chi connectivity index (χ1v) is 9.35. The Bertz CT molecular complexity index is 783. The van der Waals surface area contributed by atoms with Gasteiger partial charge in [-0.15, -0.1) is 18.2 Å². The molecular formula is C21H21NO3S. The summed E-state index contributed by atoms with van der Waals surface area (Å²) in [7, 11) is 1.36. The highest BCUT2D eigenvalue weighted by atomic mass is 32.2. The van der Waals surface area contributed by atoms with Crippen LogP contribution in [0, 0.1) is 12.3 Å². The van der Waals surface area contributed by atoms with Gasteiger partial charge in [-0.05, 0) is 23.8 Å². The van der Waals surface area contributed by atoms with Gasteiger partial charge in [-0.25, -0.2) is 0 Å². The molecule has 4 nitrogen and oxygen atoms in total. The zero-order valence-corrected chi connectivity index (χ0v) is 15.5. The highest BCUT2D eigenvalue weighted by Crippen LogP contribution is 2.20. The average molecular weight is 367 g/mol. The number of rotatable bonds is 8. The molecule has 0 radical (unpaired) electrons. The number of benzene rings is 2. The van der Waals surface area contributed by atoms with E-state index in [1.165, 1.54) is 18.9 Å². The van der Waals surface area contributed by atoms with Crippen molar-refractivity contribution in [2.75, 3.05) is 23.5 Å². The molecule has 2 aromatic carbocycles. The van der Waals surface area contributed by atoms with Gasteiger partial charge in [0.25, 0.3) is 0 Å². The standard InChI is InChI=1S/C21H21NO3S/c1-3-17-10-7-11-19(14-17)22(15-18-8-5-4-6-9-18)20(23)12-13-26-16-21(24)25-2/h1,4-11,14H,12-13,15-16H2,2H3. The topological polar surface area (TPSA) is 46.6 Å². The third kappa shape index (κ3) is 5.98. The fourth-order valence-corrected chi connectivity index (χ4v) is 3.11. The van der Waals surface area contributed by atoms with Crippen LogP contribution in [0.2, 0.25) is 0 Å². The van der Waals surface area contributed by atoms with Crippen LogP contribution >= 0.6 is 11.8 Å². The van der Waals surface area contributed by atoms with Crippen molar-refractivity contribution in [1.82, 2.24) is 0 Å². The third-order valence-electron chi connectivity index (χ3n) is 3.72. The Kier molecular flexibility index (Phi) is 7.78. The maximum absolute atomic E-state index is 12.8. The van der Waals surface area contributed by atoms with Crippen molar-refractivity contribution in [3.8, 4) is 12.3 Å². The minimum absolute atomic E-state index is 0.0135. The van der Waals surface area contributed by atoms with Gasteiger partial charge in [-0.2, -0.15) is 0 Å². The SMILES string of the molecule is C#Cc1cccc(N(Cc2ccccc2)C(=O)CCSCC(=O)OC)c1. The predicted molar refractivity (Wildman–Crippen MR) is 106 cm³/mol. The summed E-state index contributed by atoms with van der Waals surface area (Å²) < 4.78 is 4.60. The van der Waals surface area contributed by atoms with Crippen molar-refractivity contribution >= 4 is 29.3 Å². The lowest BCUT2D eigenvalue weighted by Crippen LogP contribution is -2.30. The molecule has 0 aliphatic carbocycles. The van der Waals surface area contributed by atoms with Gasteiger partial charge < -0.3 is 9.64 Å². The van der Waals surface area contributed by atoms with Crippen molar-refractivity contribution < 1.29 is 14.3 Å². The van der Waals surface area contributed by atoms with Crippen LogP contribution < -0.4 is 4.90 Å². The molecule has 134 valence electrons. The summed E-state index contributed by atoms with van der Waals surface area (Å²) in [6, 6.07) is 17.2. The fourth-order valence-electron chi connectivity index (χ4n) is 2.36. The van der Waals surface area contributed by atoms with Crippen molar-refractivity contribution in [3.05, 3.63) is 65.7 Å². The highest BCUT2D eigenvalue weighted by Gasteiger charge is 2.16. The van der Waals surface area contributed by atoms with Crippen LogP contribution in [0.1, 0.15) is 17.5 Å². The number of amides is 1. The molecule has 5 heteroatoms.